The number of hydrogen-bond donors (Lipinski definition) is 2. The largest absolute Gasteiger partial charge is 0.497 e. The van der Waals surface area contributed by atoms with Gasteiger partial charge in [-0.25, -0.2) is 0 Å². The first-order chi connectivity index (χ1) is 9.59. The van der Waals surface area contributed by atoms with E-state index < -0.39 is 5.60 Å². The van der Waals surface area contributed by atoms with E-state index in [9.17, 15) is 5.11 Å². The first kappa shape index (κ1) is 15.1. The molecule has 2 atom stereocenters. The van der Waals surface area contributed by atoms with Crippen LogP contribution in [0.25, 0.3) is 0 Å². The van der Waals surface area contributed by atoms with Gasteiger partial charge >= 0.3 is 0 Å². The predicted octanol–water partition coefficient (Wildman–Crippen LogP) is 1.33. The van der Waals surface area contributed by atoms with Crippen molar-refractivity contribution >= 4 is 0 Å². The van der Waals surface area contributed by atoms with Crippen molar-refractivity contribution in [2.45, 2.75) is 31.6 Å². The van der Waals surface area contributed by atoms with E-state index in [2.05, 4.69) is 5.32 Å². The third-order valence-corrected chi connectivity index (χ3v) is 3.89. The molecule has 112 valence electrons. The Morgan fingerprint density at radius 2 is 2.20 bits per heavy atom. The Balaban J connectivity index is 1.96. The van der Waals surface area contributed by atoms with Gasteiger partial charge in [0.2, 0.25) is 0 Å². The van der Waals surface area contributed by atoms with E-state index >= 15 is 0 Å². The van der Waals surface area contributed by atoms with Gasteiger partial charge in [0.05, 0.1) is 20.3 Å². The van der Waals surface area contributed by atoms with Crippen LogP contribution in [0.4, 0.5) is 0 Å². The summed E-state index contributed by atoms with van der Waals surface area (Å²) in [5, 5.41) is 13.7. The van der Waals surface area contributed by atoms with Crippen LogP contribution in [0.2, 0.25) is 0 Å². The van der Waals surface area contributed by atoms with Gasteiger partial charge in [0, 0.05) is 31.7 Å². The topological polar surface area (TPSA) is 60.0 Å². The van der Waals surface area contributed by atoms with E-state index in [0.717, 1.165) is 17.1 Å². The van der Waals surface area contributed by atoms with Crippen LogP contribution >= 0.6 is 0 Å². The van der Waals surface area contributed by atoms with Crippen LogP contribution in [0, 0.1) is 0 Å². The van der Waals surface area contributed by atoms with Crippen molar-refractivity contribution in [1.29, 1.82) is 0 Å². The molecule has 1 aliphatic rings. The Bertz CT molecular complexity index is 451. The minimum Gasteiger partial charge on any atom is -0.497 e. The zero-order chi connectivity index (χ0) is 14.6. The fourth-order valence-corrected chi connectivity index (χ4v) is 2.44. The fraction of sp³-hybridized carbons (Fsp3) is 0.600. The maximum Gasteiger partial charge on any atom is 0.123 e. The molecule has 2 N–H and O–H groups in total. The minimum absolute atomic E-state index is 0.137. The summed E-state index contributed by atoms with van der Waals surface area (Å²) in [5.41, 5.74) is 0.216. The molecule has 0 radical (unpaired) electrons. The fourth-order valence-electron chi connectivity index (χ4n) is 2.44. The Morgan fingerprint density at radius 3 is 2.80 bits per heavy atom. The lowest BCUT2D eigenvalue weighted by Gasteiger charge is -2.26. The number of hydrogen-bond acceptors (Lipinski definition) is 5. The molecule has 1 fully saturated rings. The molecule has 5 heteroatoms. The van der Waals surface area contributed by atoms with Crippen LogP contribution in [-0.2, 0) is 11.3 Å². The quantitative estimate of drug-likeness (QED) is 0.824. The van der Waals surface area contributed by atoms with Crippen molar-refractivity contribution in [1.82, 2.24) is 5.32 Å². The first-order valence-corrected chi connectivity index (χ1v) is 6.84. The molecule has 0 aliphatic carbocycles. The highest BCUT2D eigenvalue weighted by atomic mass is 16.5. The van der Waals surface area contributed by atoms with Crippen LogP contribution in [0.3, 0.4) is 0 Å². The summed E-state index contributed by atoms with van der Waals surface area (Å²) in [5.74, 6) is 1.60. The highest BCUT2D eigenvalue weighted by molar-refractivity contribution is 5.40. The summed E-state index contributed by atoms with van der Waals surface area (Å²) in [7, 11) is 3.28. The van der Waals surface area contributed by atoms with Gasteiger partial charge in [-0.1, -0.05) is 0 Å². The average molecular weight is 281 g/mol. The van der Waals surface area contributed by atoms with Gasteiger partial charge in [-0.2, -0.15) is 0 Å². The maximum absolute atomic E-state index is 10.4. The van der Waals surface area contributed by atoms with E-state index in [0.29, 0.717) is 26.1 Å². The lowest BCUT2D eigenvalue weighted by atomic mass is 9.96. The van der Waals surface area contributed by atoms with E-state index in [1.54, 1.807) is 14.2 Å². The molecule has 1 heterocycles. The molecule has 1 aromatic carbocycles. The Kier molecular flexibility index (Phi) is 4.86. The summed E-state index contributed by atoms with van der Waals surface area (Å²) in [4.78, 5) is 0. The van der Waals surface area contributed by atoms with Crippen molar-refractivity contribution in [3.8, 4) is 11.5 Å². The Morgan fingerprint density at radius 1 is 1.40 bits per heavy atom. The molecule has 0 amide bonds. The highest BCUT2D eigenvalue weighted by Gasteiger charge is 2.38. The number of methoxy groups -OCH3 is 2. The average Bonchev–Trinajstić information content (AvgIpc) is 2.78. The molecule has 1 saturated heterocycles. The number of benzene rings is 1. The SMILES string of the molecule is COc1ccc(OC)c(CNCC2(O)CCOC2C)c1. The summed E-state index contributed by atoms with van der Waals surface area (Å²) < 4.78 is 16.0. The lowest BCUT2D eigenvalue weighted by Crippen LogP contribution is -2.45. The molecule has 0 spiro atoms. The van der Waals surface area contributed by atoms with Gasteiger partial charge in [-0.3, -0.25) is 0 Å². The Hall–Kier alpha value is -1.30. The molecule has 2 unspecified atom stereocenters. The maximum atomic E-state index is 10.4. The summed E-state index contributed by atoms with van der Waals surface area (Å²) in [6.45, 7) is 3.62. The standard InChI is InChI=1S/C15H23NO4/c1-11-15(17,6-7-20-11)10-16-9-12-8-13(18-2)4-5-14(12)19-3/h4-5,8,11,16-17H,6-7,9-10H2,1-3H3. The van der Waals surface area contributed by atoms with Crippen molar-refractivity contribution in [3.05, 3.63) is 23.8 Å². The number of nitrogens with one attached hydrogen (secondary N) is 1. The number of aliphatic hydroxyl groups is 1. The molecule has 1 aromatic rings. The monoisotopic (exact) mass is 281 g/mol. The van der Waals surface area contributed by atoms with Gasteiger partial charge in [-0.15, -0.1) is 0 Å². The van der Waals surface area contributed by atoms with Gasteiger partial charge in [0.25, 0.3) is 0 Å². The third kappa shape index (κ3) is 3.23. The van der Waals surface area contributed by atoms with Crippen LogP contribution < -0.4 is 14.8 Å². The second-order valence-corrected chi connectivity index (χ2v) is 5.15. The summed E-state index contributed by atoms with van der Waals surface area (Å²) >= 11 is 0. The van der Waals surface area contributed by atoms with E-state index in [1.807, 2.05) is 25.1 Å². The number of rotatable bonds is 6. The first-order valence-electron chi connectivity index (χ1n) is 6.84. The molecule has 20 heavy (non-hydrogen) atoms. The third-order valence-electron chi connectivity index (χ3n) is 3.89. The molecule has 0 bridgehead atoms. The Labute approximate surface area is 119 Å². The van der Waals surface area contributed by atoms with Crippen molar-refractivity contribution in [3.63, 3.8) is 0 Å². The van der Waals surface area contributed by atoms with Gasteiger partial charge < -0.3 is 24.6 Å². The van der Waals surface area contributed by atoms with Crippen molar-refractivity contribution in [2.24, 2.45) is 0 Å². The van der Waals surface area contributed by atoms with Gasteiger partial charge in [-0.05, 0) is 25.1 Å². The number of ether oxygens (including phenoxy) is 3. The molecule has 2 rings (SSSR count). The molecule has 0 saturated carbocycles. The molecular weight excluding hydrogens is 258 g/mol. The van der Waals surface area contributed by atoms with E-state index in [1.165, 1.54) is 0 Å². The molecule has 0 aromatic heterocycles. The van der Waals surface area contributed by atoms with Gasteiger partial charge in [0.15, 0.2) is 0 Å². The molecule has 5 nitrogen and oxygen atoms in total. The van der Waals surface area contributed by atoms with Crippen molar-refractivity contribution in [2.75, 3.05) is 27.4 Å². The minimum atomic E-state index is -0.786. The van der Waals surface area contributed by atoms with E-state index in [4.69, 9.17) is 14.2 Å². The second kappa shape index (κ2) is 6.43. The predicted molar refractivity (Wildman–Crippen MR) is 76.2 cm³/mol. The lowest BCUT2D eigenvalue weighted by molar-refractivity contribution is -0.0263. The molecule has 1 aliphatic heterocycles. The zero-order valence-electron chi connectivity index (χ0n) is 12.3. The van der Waals surface area contributed by atoms with Crippen LogP contribution in [-0.4, -0.2) is 44.2 Å². The van der Waals surface area contributed by atoms with Crippen LogP contribution in [0.1, 0.15) is 18.9 Å². The van der Waals surface area contributed by atoms with Crippen LogP contribution in [0.5, 0.6) is 11.5 Å². The molecular formula is C15H23NO4. The van der Waals surface area contributed by atoms with Crippen LogP contribution in [0.15, 0.2) is 18.2 Å². The smallest absolute Gasteiger partial charge is 0.123 e. The summed E-state index contributed by atoms with van der Waals surface area (Å²) in [6, 6.07) is 5.68. The van der Waals surface area contributed by atoms with Gasteiger partial charge in [0.1, 0.15) is 17.1 Å². The van der Waals surface area contributed by atoms with E-state index in [-0.39, 0.29) is 6.10 Å². The summed E-state index contributed by atoms with van der Waals surface area (Å²) in [6.07, 6.45) is 0.526. The zero-order valence-corrected chi connectivity index (χ0v) is 12.3. The second-order valence-electron chi connectivity index (χ2n) is 5.15. The van der Waals surface area contributed by atoms with Crippen molar-refractivity contribution < 1.29 is 19.3 Å². The highest BCUT2D eigenvalue weighted by Crippen LogP contribution is 2.26. The normalized spacial score (nSPS) is 25.7.